The minimum Gasteiger partial charge on any atom is -0.469 e. The zero-order valence-electron chi connectivity index (χ0n) is 8.39. The highest BCUT2D eigenvalue weighted by atomic mass is 79.9. The molecule has 1 atom stereocenters. The maximum atomic E-state index is 11.6. The SMILES string of the molecule is COC(=O)CC(Br)C(=O)C(C)(C)C. The molecule has 0 heterocycles. The van der Waals surface area contributed by atoms with E-state index in [-0.39, 0.29) is 18.2 Å². The maximum Gasteiger partial charge on any atom is 0.307 e. The second-order valence-corrected chi connectivity index (χ2v) is 4.97. The van der Waals surface area contributed by atoms with E-state index in [2.05, 4.69) is 20.7 Å². The van der Waals surface area contributed by atoms with Gasteiger partial charge < -0.3 is 4.74 Å². The highest BCUT2D eigenvalue weighted by molar-refractivity contribution is 9.10. The number of Topliss-reactive ketones (excluding diaryl/α,β-unsaturated/α-hetero) is 1. The van der Waals surface area contributed by atoms with Crippen LogP contribution in [0, 0.1) is 5.41 Å². The van der Waals surface area contributed by atoms with E-state index in [0.717, 1.165) is 0 Å². The maximum absolute atomic E-state index is 11.6. The Balaban J connectivity index is 4.20. The smallest absolute Gasteiger partial charge is 0.307 e. The monoisotopic (exact) mass is 250 g/mol. The second-order valence-electron chi connectivity index (χ2n) is 3.86. The van der Waals surface area contributed by atoms with E-state index >= 15 is 0 Å². The predicted octanol–water partition coefficient (Wildman–Crippen LogP) is 1.93. The molecular formula is C9H15BrO3. The molecule has 0 saturated carbocycles. The van der Waals surface area contributed by atoms with Crippen LogP contribution in [0.25, 0.3) is 0 Å². The Morgan fingerprint density at radius 3 is 2.15 bits per heavy atom. The van der Waals surface area contributed by atoms with Crippen LogP contribution in [0.4, 0.5) is 0 Å². The average molecular weight is 251 g/mol. The fourth-order valence-corrected chi connectivity index (χ4v) is 1.74. The molecular weight excluding hydrogens is 236 g/mol. The van der Waals surface area contributed by atoms with Crippen molar-refractivity contribution in [1.82, 2.24) is 0 Å². The van der Waals surface area contributed by atoms with Crippen LogP contribution in [0.15, 0.2) is 0 Å². The van der Waals surface area contributed by atoms with Crippen molar-refractivity contribution in [3.63, 3.8) is 0 Å². The highest BCUT2D eigenvalue weighted by Crippen LogP contribution is 2.22. The van der Waals surface area contributed by atoms with Crippen LogP contribution in [0.2, 0.25) is 0 Å². The summed E-state index contributed by atoms with van der Waals surface area (Å²) < 4.78 is 4.46. The summed E-state index contributed by atoms with van der Waals surface area (Å²) >= 11 is 3.17. The molecule has 0 aromatic rings. The van der Waals surface area contributed by atoms with Crippen molar-refractivity contribution in [2.45, 2.75) is 32.0 Å². The van der Waals surface area contributed by atoms with Gasteiger partial charge in [0.1, 0.15) is 0 Å². The van der Waals surface area contributed by atoms with Crippen molar-refractivity contribution in [3.05, 3.63) is 0 Å². The van der Waals surface area contributed by atoms with E-state index in [0.29, 0.717) is 0 Å². The summed E-state index contributed by atoms with van der Waals surface area (Å²) in [7, 11) is 1.31. The molecule has 0 radical (unpaired) electrons. The third-order valence-electron chi connectivity index (χ3n) is 1.60. The van der Waals surface area contributed by atoms with Gasteiger partial charge in [0, 0.05) is 5.41 Å². The molecule has 0 N–H and O–H groups in total. The van der Waals surface area contributed by atoms with E-state index in [1.807, 2.05) is 20.8 Å². The van der Waals surface area contributed by atoms with Crippen LogP contribution in [0.1, 0.15) is 27.2 Å². The molecule has 0 aliphatic rings. The zero-order valence-corrected chi connectivity index (χ0v) is 9.97. The number of hydrogen-bond donors (Lipinski definition) is 0. The van der Waals surface area contributed by atoms with Crippen LogP contribution in [-0.2, 0) is 14.3 Å². The van der Waals surface area contributed by atoms with Crippen molar-refractivity contribution in [2.75, 3.05) is 7.11 Å². The number of ketones is 1. The van der Waals surface area contributed by atoms with E-state index in [1.165, 1.54) is 7.11 Å². The summed E-state index contributed by atoms with van der Waals surface area (Å²) in [5, 5.41) is 0. The van der Waals surface area contributed by atoms with Crippen LogP contribution in [0.3, 0.4) is 0 Å². The number of esters is 1. The fourth-order valence-electron chi connectivity index (χ4n) is 0.792. The first-order chi connectivity index (χ1) is 5.79. The van der Waals surface area contributed by atoms with Gasteiger partial charge in [-0.15, -0.1) is 0 Å². The lowest BCUT2D eigenvalue weighted by molar-refractivity contribution is -0.142. The third kappa shape index (κ3) is 4.41. The Morgan fingerprint density at radius 1 is 1.38 bits per heavy atom. The second kappa shape index (κ2) is 4.74. The zero-order chi connectivity index (χ0) is 10.6. The van der Waals surface area contributed by atoms with Crippen LogP contribution in [0.5, 0.6) is 0 Å². The number of halogens is 1. The van der Waals surface area contributed by atoms with Crippen molar-refractivity contribution >= 4 is 27.7 Å². The standard InChI is InChI=1S/C9H15BrO3/c1-9(2,3)8(12)6(10)5-7(11)13-4/h6H,5H2,1-4H3. The van der Waals surface area contributed by atoms with Crippen molar-refractivity contribution < 1.29 is 14.3 Å². The van der Waals surface area contributed by atoms with Gasteiger partial charge in [-0.1, -0.05) is 36.7 Å². The molecule has 76 valence electrons. The van der Waals surface area contributed by atoms with Crippen molar-refractivity contribution in [3.8, 4) is 0 Å². The van der Waals surface area contributed by atoms with Gasteiger partial charge in [0.2, 0.25) is 0 Å². The number of carbonyl (C=O) groups is 2. The molecule has 0 spiro atoms. The van der Waals surface area contributed by atoms with Crippen molar-refractivity contribution in [1.29, 1.82) is 0 Å². The third-order valence-corrected chi connectivity index (χ3v) is 2.34. The average Bonchev–Trinajstić information content (AvgIpc) is 2.01. The molecule has 0 amide bonds. The summed E-state index contributed by atoms with van der Waals surface area (Å²) in [6.07, 6.45) is 0.0899. The molecule has 0 aliphatic heterocycles. The Bertz CT molecular complexity index is 205. The van der Waals surface area contributed by atoms with Crippen LogP contribution in [-0.4, -0.2) is 23.7 Å². The van der Waals surface area contributed by atoms with Crippen LogP contribution < -0.4 is 0 Å². The molecule has 0 aromatic carbocycles. The molecule has 0 rings (SSSR count). The van der Waals surface area contributed by atoms with Crippen LogP contribution >= 0.6 is 15.9 Å². The number of ether oxygens (including phenoxy) is 1. The Kier molecular flexibility index (Phi) is 4.61. The molecule has 4 heteroatoms. The summed E-state index contributed by atoms with van der Waals surface area (Å²) in [6, 6.07) is 0. The predicted molar refractivity (Wildman–Crippen MR) is 53.8 cm³/mol. The Hall–Kier alpha value is -0.380. The van der Waals surface area contributed by atoms with Gasteiger partial charge >= 0.3 is 5.97 Å². The van der Waals surface area contributed by atoms with Gasteiger partial charge in [-0.25, -0.2) is 0 Å². The summed E-state index contributed by atoms with van der Waals surface area (Å²) in [6.45, 7) is 5.46. The van der Waals surface area contributed by atoms with E-state index in [4.69, 9.17) is 0 Å². The van der Waals surface area contributed by atoms with E-state index in [1.54, 1.807) is 0 Å². The molecule has 3 nitrogen and oxygen atoms in total. The van der Waals surface area contributed by atoms with Gasteiger partial charge in [0.05, 0.1) is 18.4 Å². The van der Waals surface area contributed by atoms with Gasteiger partial charge in [0.25, 0.3) is 0 Å². The first-order valence-electron chi connectivity index (χ1n) is 4.04. The lowest BCUT2D eigenvalue weighted by Gasteiger charge is -2.19. The van der Waals surface area contributed by atoms with Gasteiger partial charge in [-0.3, -0.25) is 9.59 Å². The summed E-state index contributed by atoms with van der Waals surface area (Å²) in [4.78, 5) is 22.0. The molecule has 0 saturated heterocycles. The first-order valence-corrected chi connectivity index (χ1v) is 4.95. The molecule has 0 bridgehead atoms. The number of hydrogen-bond acceptors (Lipinski definition) is 3. The normalized spacial score (nSPS) is 13.6. The highest BCUT2D eigenvalue weighted by Gasteiger charge is 2.29. The van der Waals surface area contributed by atoms with Gasteiger partial charge in [0.15, 0.2) is 5.78 Å². The minimum absolute atomic E-state index is 0.0119. The number of methoxy groups -OCH3 is 1. The summed E-state index contributed by atoms with van der Waals surface area (Å²) in [5.41, 5.74) is -0.428. The number of carbonyl (C=O) groups excluding carboxylic acids is 2. The van der Waals surface area contributed by atoms with Gasteiger partial charge in [-0.2, -0.15) is 0 Å². The summed E-state index contributed by atoms with van der Waals surface area (Å²) in [5.74, 6) is -0.364. The van der Waals surface area contributed by atoms with E-state index < -0.39 is 10.2 Å². The topological polar surface area (TPSA) is 43.4 Å². The molecule has 1 unspecified atom stereocenters. The molecule has 0 fully saturated rings. The first kappa shape index (κ1) is 12.6. The van der Waals surface area contributed by atoms with E-state index in [9.17, 15) is 9.59 Å². The Morgan fingerprint density at radius 2 is 1.85 bits per heavy atom. The molecule has 0 aliphatic carbocycles. The minimum atomic E-state index is -0.444. The van der Waals surface area contributed by atoms with Crippen molar-refractivity contribution in [2.24, 2.45) is 5.41 Å². The number of rotatable bonds is 3. The number of alkyl halides is 1. The lowest BCUT2D eigenvalue weighted by atomic mass is 9.88. The largest absolute Gasteiger partial charge is 0.469 e. The molecule has 13 heavy (non-hydrogen) atoms. The fraction of sp³-hybridized carbons (Fsp3) is 0.778. The molecule has 0 aromatic heterocycles. The Labute approximate surface area is 87.0 Å². The lowest BCUT2D eigenvalue weighted by Crippen LogP contribution is -2.30. The quantitative estimate of drug-likeness (QED) is 0.568. The van der Waals surface area contributed by atoms with Gasteiger partial charge in [-0.05, 0) is 0 Å².